The van der Waals surface area contributed by atoms with Crippen LogP contribution in [0.1, 0.15) is 0 Å². The Labute approximate surface area is 93.2 Å². The van der Waals surface area contributed by atoms with E-state index in [9.17, 15) is 14.4 Å². The highest BCUT2D eigenvalue weighted by atomic mass is 79.9. The van der Waals surface area contributed by atoms with Crippen LogP contribution >= 0.6 is 15.9 Å². The van der Waals surface area contributed by atoms with Crippen LogP contribution in [-0.4, -0.2) is 32.2 Å². The first kappa shape index (κ1) is 10.1. The molecule has 1 saturated heterocycles. The number of allylic oxidation sites excluding steroid dienone is 2. The van der Waals surface area contributed by atoms with Gasteiger partial charge in [0.05, 0.1) is 5.92 Å². The molecule has 0 radical (unpaired) electrons. The van der Waals surface area contributed by atoms with Crippen LogP contribution in [0.2, 0.25) is 0 Å². The second-order valence-electron chi connectivity index (χ2n) is 3.25. The van der Waals surface area contributed by atoms with E-state index in [4.69, 9.17) is 5.11 Å². The fraction of sp³-hybridized carbons (Fsp3) is 0.222. The fourth-order valence-corrected chi connectivity index (χ4v) is 2.35. The zero-order chi connectivity index (χ0) is 11.2. The molecule has 0 bridgehead atoms. The van der Waals surface area contributed by atoms with Gasteiger partial charge in [-0.2, -0.15) is 4.90 Å². The number of carboxylic acid groups (broad SMARTS) is 1. The van der Waals surface area contributed by atoms with Crippen molar-refractivity contribution in [2.45, 2.75) is 4.32 Å². The maximum Gasteiger partial charge on any atom is 0.421 e. The second kappa shape index (κ2) is 3.03. The third-order valence-corrected chi connectivity index (χ3v) is 3.51. The predicted molar refractivity (Wildman–Crippen MR) is 53.3 cm³/mol. The number of nitrogens with zero attached hydrogens (tertiary/aromatic N) is 1. The molecule has 78 valence electrons. The zero-order valence-corrected chi connectivity index (χ0v) is 8.97. The van der Waals surface area contributed by atoms with Crippen LogP contribution in [0, 0.1) is 5.92 Å². The Morgan fingerprint density at radius 3 is 2.67 bits per heavy atom. The minimum Gasteiger partial charge on any atom is -0.464 e. The van der Waals surface area contributed by atoms with Crippen LogP contribution in [-0.2, 0) is 9.59 Å². The minimum absolute atomic E-state index is 0.249. The molecular weight excluding hydrogens is 266 g/mol. The number of likely N-dealkylation sites (tertiary alicyclic amines) is 1. The summed E-state index contributed by atoms with van der Waals surface area (Å²) in [4.78, 5) is 34.3. The molecule has 0 saturated carbocycles. The number of amides is 3. The number of imide groups is 3. The van der Waals surface area contributed by atoms with Crippen molar-refractivity contribution in [2.75, 3.05) is 0 Å². The Bertz CT molecular complexity index is 428. The quantitative estimate of drug-likeness (QED) is 0.525. The van der Waals surface area contributed by atoms with Crippen LogP contribution in [0.3, 0.4) is 0 Å². The van der Waals surface area contributed by atoms with E-state index < -0.39 is 28.1 Å². The summed E-state index contributed by atoms with van der Waals surface area (Å²) in [5, 5.41) is 8.73. The van der Waals surface area contributed by atoms with Gasteiger partial charge < -0.3 is 5.11 Å². The summed E-state index contributed by atoms with van der Waals surface area (Å²) in [5.74, 6) is -2.25. The maximum atomic E-state index is 11.7. The normalized spacial score (nSPS) is 33.4. The van der Waals surface area contributed by atoms with E-state index in [0.29, 0.717) is 0 Å². The second-order valence-corrected chi connectivity index (χ2v) is 4.56. The summed E-state index contributed by atoms with van der Waals surface area (Å²) in [5.41, 5.74) is 0. The number of carbonyl (C=O) groups excluding carboxylic acids is 2. The van der Waals surface area contributed by atoms with E-state index >= 15 is 0 Å². The molecule has 1 N–H and O–H groups in total. The molecule has 3 amide bonds. The smallest absolute Gasteiger partial charge is 0.421 e. The van der Waals surface area contributed by atoms with Crippen LogP contribution in [0.4, 0.5) is 4.79 Å². The maximum absolute atomic E-state index is 11.7. The third kappa shape index (κ3) is 1.18. The molecule has 15 heavy (non-hydrogen) atoms. The largest absolute Gasteiger partial charge is 0.464 e. The molecule has 0 aromatic carbocycles. The van der Waals surface area contributed by atoms with E-state index in [0.717, 1.165) is 0 Å². The van der Waals surface area contributed by atoms with Crippen molar-refractivity contribution in [2.24, 2.45) is 5.92 Å². The lowest BCUT2D eigenvalue weighted by Crippen LogP contribution is -2.39. The van der Waals surface area contributed by atoms with Gasteiger partial charge in [0, 0.05) is 0 Å². The Hall–Kier alpha value is -1.43. The van der Waals surface area contributed by atoms with Crippen molar-refractivity contribution in [1.29, 1.82) is 0 Å². The number of carbonyl (C=O) groups is 3. The highest BCUT2D eigenvalue weighted by Crippen LogP contribution is 2.41. The first-order valence-electron chi connectivity index (χ1n) is 4.15. The molecule has 2 rings (SSSR count). The molecular formula is C9H6BrNO4. The molecule has 1 aliphatic carbocycles. The number of halogens is 1. The minimum atomic E-state index is -1.54. The molecule has 0 aromatic rings. The summed E-state index contributed by atoms with van der Waals surface area (Å²) in [6.07, 6.45) is 4.67. The zero-order valence-electron chi connectivity index (χ0n) is 7.38. The fourth-order valence-electron chi connectivity index (χ4n) is 1.67. The Balaban J connectivity index is 2.51. The van der Waals surface area contributed by atoms with Gasteiger partial charge >= 0.3 is 6.09 Å². The van der Waals surface area contributed by atoms with Crippen molar-refractivity contribution >= 4 is 33.8 Å². The summed E-state index contributed by atoms with van der Waals surface area (Å²) in [6.45, 7) is 0. The van der Waals surface area contributed by atoms with Crippen LogP contribution in [0.15, 0.2) is 24.3 Å². The van der Waals surface area contributed by atoms with E-state index in [1.54, 1.807) is 12.2 Å². The van der Waals surface area contributed by atoms with E-state index in [2.05, 4.69) is 15.9 Å². The number of hydrogen-bond acceptors (Lipinski definition) is 3. The van der Waals surface area contributed by atoms with Crippen molar-refractivity contribution in [1.82, 2.24) is 4.90 Å². The monoisotopic (exact) mass is 271 g/mol. The molecule has 2 aliphatic rings. The van der Waals surface area contributed by atoms with Gasteiger partial charge in [-0.1, -0.05) is 40.2 Å². The molecule has 2 atom stereocenters. The molecule has 1 aliphatic heterocycles. The van der Waals surface area contributed by atoms with Crippen LogP contribution in [0.5, 0.6) is 0 Å². The van der Waals surface area contributed by atoms with E-state index in [1.165, 1.54) is 12.2 Å². The SMILES string of the molecule is O=C(O)N1C(=O)C2C=CC=CC2(Br)C1=O. The summed E-state index contributed by atoms with van der Waals surface area (Å²) in [7, 11) is 0. The lowest BCUT2D eigenvalue weighted by molar-refractivity contribution is -0.136. The van der Waals surface area contributed by atoms with E-state index in [-0.39, 0.29) is 4.90 Å². The van der Waals surface area contributed by atoms with Crippen LogP contribution < -0.4 is 0 Å². The Morgan fingerprint density at radius 2 is 2.13 bits per heavy atom. The predicted octanol–water partition coefficient (Wildman–Crippen LogP) is 0.909. The van der Waals surface area contributed by atoms with Gasteiger partial charge in [0.1, 0.15) is 4.32 Å². The standard InChI is InChI=1S/C9H6BrNO4/c10-9-4-2-1-3-5(9)6(12)11(7(9)13)8(14)15/h1-5H,(H,14,15). The summed E-state index contributed by atoms with van der Waals surface area (Å²) >= 11 is 3.12. The highest BCUT2D eigenvalue weighted by Gasteiger charge is 2.58. The number of fused-ring (bicyclic) bond motifs is 1. The molecule has 2 unspecified atom stereocenters. The van der Waals surface area contributed by atoms with Gasteiger partial charge in [0.25, 0.3) is 5.91 Å². The Morgan fingerprint density at radius 1 is 1.47 bits per heavy atom. The van der Waals surface area contributed by atoms with Crippen molar-refractivity contribution in [3.63, 3.8) is 0 Å². The lowest BCUT2D eigenvalue weighted by Gasteiger charge is -2.20. The molecule has 1 heterocycles. The number of alkyl halides is 1. The molecule has 1 fully saturated rings. The number of hydrogen-bond donors (Lipinski definition) is 1. The van der Waals surface area contributed by atoms with Crippen LogP contribution in [0.25, 0.3) is 0 Å². The first-order chi connectivity index (χ1) is 6.98. The summed E-state index contributed by atoms with van der Waals surface area (Å²) in [6, 6.07) is 0. The average molecular weight is 272 g/mol. The van der Waals surface area contributed by atoms with Gasteiger partial charge in [-0.25, -0.2) is 4.79 Å². The molecule has 6 heteroatoms. The third-order valence-electron chi connectivity index (χ3n) is 2.41. The van der Waals surface area contributed by atoms with Gasteiger partial charge in [0.15, 0.2) is 0 Å². The van der Waals surface area contributed by atoms with Gasteiger partial charge in [0.2, 0.25) is 5.91 Å². The van der Waals surface area contributed by atoms with Crippen molar-refractivity contribution in [3.8, 4) is 0 Å². The van der Waals surface area contributed by atoms with Gasteiger partial charge in [-0.05, 0) is 0 Å². The van der Waals surface area contributed by atoms with Gasteiger partial charge in [-0.3, -0.25) is 9.59 Å². The highest BCUT2D eigenvalue weighted by molar-refractivity contribution is 9.10. The number of rotatable bonds is 0. The van der Waals surface area contributed by atoms with E-state index in [1.807, 2.05) is 0 Å². The molecule has 5 nitrogen and oxygen atoms in total. The molecule has 0 spiro atoms. The first-order valence-corrected chi connectivity index (χ1v) is 4.94. The topological polar surface area (TPSA) is 74.7 Å². The summed E-state index contributed by atoms with van der Waals surface area (Å²) < 4.78 is -1.22. The Kier molecular flexibility index (Phi) is 2.04. The van der Waals surface area contributed by atoms with Gasteiger partial charge in [-0.15, -0.1) is 0 Å². The lowest BCUT2D eigenvalue weighted by atomic mass is 9.91. The van der Waals surface area contributed by atoms with Crippen molar-refractivity contribution < 1.29 is 19.5 Å². The van der Waals surface area contributed by atoms with Crippen molar-refractivity contribution in [3.05, 3.63) is 24.3 Å². The average Bonchev–Trinajstić information content (AvgIpc) is 2.36. The molecule has 0 aromatic heterocycles.